The van der Waals surface area contributed by atoms with E-state index in [0.29, 0.717) is 12.8 Å². The van der Waals surface area contributed by atoms with Gasteiger partial charge in [-0.2, -0.15) is 0 Å². The topological polar surface area (TPSA) is 26.3 Å². The molecule has 53 valence electrons. The van der Waals surface area contributed by atoms with Crippen LogP contribution >= 0.6 is 8.03 Å². The van der Waals surface area contributed by atoms with Crippen LogP contribution in [0, 0.1) is 0 Å². The Hall–Kier alpha value is 0.579. The van der Waals surface area contributed by atoms with Gasteiger partial charge in [-0.3, -0.25) is 0 Å². The van der Waals surface area contributed by atoms with E-state index >= 15 is 0 Å². The summed E-state index contributed by atoms with van der Waals surface area (Å²) >= 11 is 0. The molecule has 8 heavy (non-hydrogen) atoms. The molecule has 0 heterocycles. The minimum atomic E-state index is -1.33. The maximum Gasteiger partial charge on any atom is 0.507 e. The molecule has 0 N–H and O–H groups in total. The molecule has 0 saturated heterocycles. The summed E-state index contributed by atoms with van der Waals surface area (Å²) in [4.78, 5) is 0. The standard InChI is InChI=1S/C4H10O2P.Cu/c1-3-6-7(5)4-2;/h3-4H2,1-2H3;/q+1;. The zero-order valence-electron chi connectivity index (χ0n) is 4.98. The quantitative estimate of drug-likeness (QED) is 0.494. The molecular weight excluding hydrogens is 175 g/mol. The second-order valence-corrected chi connectivity index (χ2v) is 2.62. The summed E-state index contributed by atoms with van der Waals surface area (Å²) in [5, 5.41) is 0. The summed E-state index contributed by atoms with van der Waals surface area (Å²) in [6.07, 6.45) is 0.628. The van der Waals surface area contributed by atoms with Crippen LogP contribution in [-0.4, -0.2) is 12.8 Å². The van der Waals surface area contributed by atoms with Crippen molar-refractivity contribution >= 4 is 8.03 Å². The van der Waals surface area contributed by atoms with E-state index in [-0.39, 0.29) is 17.1 Å². The van der Waals surface area contributed by atoms with Crippen LogP contribution < -0.4 is 0 Å². The summed E-state index contributed by atoms with van der Waals surface area (Å²) in [5.74, 6) is 0. The summed E-state index contributed by atoms with van der Waals surface area (Å²) < 4.78 is 15.0. The number of hydrogen-bond donors (Lipinski definition) is 0. The van der Waals surface area contributed by atoms with Crippen molar-refractivity contribution < 1.29 is 26.2 Å². The fourth-order valence-electron chi connectivity index (χ4n) is 0.235. The number of rotatable bonds is 3. The van der Waals surface area contributed by atoms with Crippen molar-refractivity contribution in [2.45, 2.75) is 13.8 Å². The Morgan fingerprint density at radius 3 is 2.12 bits per heavy atom. The SMILES string of the molecule is CCO[P+](=O)CC.[Cu]. The fraction of sp³-hybridized carbons (Fsp3) is 1.00. The van der Waals surface area contributed by atoms with Gasteiger partial charge in [0.05, 0.1) is 6.61 Å². The van der Waals surface area contributed by atoms with Crippen molar-refractivity contribution in [2.75, 3.05) is 12.8 Å². The molecule has 0 bridgehead atoms. The van der Waals surface area contributed by atoms with Gasteiger partial charge in [0.15, 0.2) is 6.16 Å². The van der Waals surface area contributed by atoms with Crippen LogP contribution in [-0.2, 0) is 26.2 Å². The van der Waals surface area contributed by atoms with E-state index in [4.69, 9.17) is 4.52 Å². The average Bonchev–Trinajstić information content (AvgIpc) is 1.68. The summed E-state index contributed by atoms with van der Waals surface area (Å²) in [5.41, 5.74) is 0. The molecule has 0 saturated carbocycles. The Morgan fingerprint density at radius 2 is 2.00 bits per heavy atom. The van der Waals surface area contributed by atoms with Crippen molar-refractivity contribution in [1.29, 1.82) is 0 Å². The van der Waals surface area contributed by atoms with Gasteiger partial charge in [0.2, 0.25) is 0 Å². The van der Waals surface area contributed by atoms with Gasteiger partial charge in [0.25, 0.3) is 0 Å². The molecule has 0 fully saturated rings. The largest absolute Gasteiger partial charge is 0.507 e. The number of hydrogen-bond acceptors (Lipinski definition) is 2. The first-order chi connectivity index (χ1) is 3.31. The van der Waals surface area contributed by atoms with Gasteiger partial charge in [-0.05, 0) is 18.4 Å². The van der Waals surface area contributed by atoms with Gasteiger partial charge in [-0.1, -0.05) is 0 Å². The van der Waals surface area contributed by atoms with Crippen molar-refractivity contribution in [3.05, 3.63) is 0 Å². The summed E-state index contributed by atoms with van der Waals surface area (Å²) in [7, 11) is -1.33. The summed E-state index contributed by atoms with van der Waals surface area (Å²) in [6.45, 7) is 4.24. The van der Waals surface area contributed by atoms with Crippen molar-refractivity contribution in [2.24, 2.45) is 0 Å². The molecule has 0 aliphatic heterocycles. The van der Waals surface area contributed by atoms with E-state index in [0.717, 1.165) is 0 Å². The predicted molar refractivity (Wildman–Crippen MR) is 29.8 cm³/mol. The van der Waals surface area contributed by atoms with Crippen LogP contribution in [0.5, 0.6) is 0 Å². The van der Waals surface area contributed by atoms with Gasteiger partial charge in [0.1, 0.15) is 0 Å². The molecule has 2 nitrogen and oxygen atoms in total. The Labute approximate surface area is 61.3 Å². The van der Waals surface area contributed by atoms with Crippen molar-refractivity contribution in [3.8, 4) is 0 Å². The van der Waals surface area contributed by atoms with E-state index in [1.54, 1.807) is 0 Å². The normalized spacial score (nSPS) is 10.0. The van der Waals surface area contributed by atoms with Crippen LogP contribution in [0.1, 0.15) is 13.8 Å². The van der Waals surface area contributed by atoms with E-state index in [1.807, 2.05) is 13.8 Å². The molecular formula is C4H10CuO2P+. The average molecular weight is 185 g/mol. The first kappa shape index (κ1) is 11.4. The first-order valence-electron chi connectivity index (χ1n) is 2.38. The van der Waals surface area contributed by atoms with Gasteiger partial charge in [-0.15, -0.1) is 4.52 Å². The summed E-state index contributed by atoms with van der Waals surface area (Å²) in [6, 6.07) is 0. The molecule has 0 aliphatic rings. The monoisotopic (exact) mass is 184 g/mol. The van der Waals surface area contributed by atoms with Gasteiger partial charge >= 0.3 is 8.03 Å². The molecule has 1 radical (unpaired) electrons. The van der Waals surface area contributed by atoms with Crippen LogP contribution in [0.3, 0.4) is 0 Å². The Bertz CT molecular complexity index is 67.1. The Morgan fingerprint density at radius 1 is 1.50 bits per heavy atom. The molecule has 0 aromatic carbocycles. The maximum atomic E-state index is 10.3. The molecule has 0 aromatic rings. The second kappa shape index (κ2) is 7.58. The third kappa shape index (κ3) is 6.58. The zero-order chi connectivity index (χ0) is 5.70. The molecule has 4 heteroatoms. The van der Waals surface area contributed by atoms with Crippen molar-refractivity contribution in [3.63, 3.8) is 0 Å². The Balaban J connectivity index is 0. The van der Waals surface area contributed by atoms with Crippen molar-refractivity contribution in [1.82, 2.24) is 0 Å². The molecule has 0 rings (SSSR count). The molecule has 1 unspecified atom stereocenters. The maximum absolute atomic E-state index is 10.3. The van der Waals surface area contributed by atoms with E-state index in [9.17, 15) is 4.57 Å². The van der Waals surface area contributed by atoms with Gasteiger partial charge in [-0.25, -0.2) is 0 Å². The molecule has 0 aliphatic carbocycles. The molecule has 0 spiro atoms. The molecule has 0 aromatic heterocycles. The van der Waals surface area contributed by atoms with Crippen LogP contribution in [0.4, 0.5) is 0 Å². The van der Waals surface area contributed by atoms with Crippen LogP contribution in [0.15, 0.2) is 0 Å². The fourth-order valence-corrected chi connectivity index (χ4v) is 0.706. The van der Waals surface area contributed by atoms with E-state index < -0.39 is 8.03 Å². The minimum Gasteiger partial charge on any atom is -0.147 e. The second-order valence-electron chi connectivity index (χ2n) is 1.07. The van der Waals surface area contributed by atoms with Crippen LogP contribution in [0.2, 0.25) is 0 Å². The zero-order valence-corrected chi connectivity index (χ0v) is 6.82. The Kier molecular flexibility index (Phi) is 10.8. The first-order valence-corrected chi connectivity index (χ1v) is 3.75. The third-order valence-electron chi connectivity index (χ3n) is 0.531. The molecule has 1 atom stereocenters. The smallest absolute Gasteiger partial charge is 0.147 e. The van der Waals surface area contributed by atoms with Gasteiger partial charge < -0.3 is 0 Å². The van der Waals surface area contributed by atoms with E-state index in [1.165, 1.54) is 0 Å². The predicted octanol–water partition coefficient (Wildman–Crippen LogP) is 1.78. The minimum absolute atomic E-state index is 0. The molecule has 0 amide bonds. The third-order valence-corrected chi connectivity index (χ3v) is 1.59. The van der Waals surface area contributed by atoms with Crippen LogP contribution in [0.25, 0.3) is 0 Å². The van der Waals surface area contributed by atoms with Gasteiger partial charge in [0, 0.05) is 17.1 Å². The van der Waals surface area contributed by atoms with E-state index in [2.05, 4.69) is 0 Å².